The molecule has 2 aromatic carbocycles. The molecule has 0 aliphatic carbocycles. The SMILES string of the molecule is Clc1cc(Cl)cc(C=CC=Cc2ccc(Cl)c(Cl)c2)c1. The molecular formula is C16H10Cl4. The summed E-state index contributed by atoms with van der Waals surface area (Å²) in [5.74, 6) is 0. The summed E-state index contributed by atoms with van der Waals surface area (Å²) in [4.78, 5) is 0. The van der Waals surface area contributed by atoms with Crippen LogP contribution in [0.3, 0.4) is 0 Å². The van der Waals surface area contributed by atoms with Gasteiger partial charge in [-0.1, -0.05) is 76.8 Å². The molecule has 0 aliphatic rings. The molecule has 0 aromatic heterocycles. The molecule has 2 aromatic rings. The van der Waals surface area contributed by atoms with Crippen molar-refractivity contribution >= 4 is 58.6 Å². The second-order valence-electron chi connectivity index (χ2n) is 4.09. The molecule has 0 N–H and O–H groups in total. The van der Waals surface area contributed by atoms with Gasteiger partial charge in [-0.3, -0.25) is 0 Å². The molecule has 0 bridgehead atoms. The Bertz CT molecular complexity index is 652. The Hall–Kier alpha value is -0.920. The first-order valence-electron chi connectivity index (χ1n) is 5.80. The van der Waals surface area contributed by atoms with Gasteiger partial charge in [-0.05, 0) is 41.5 Å². The largest absolute Gasteiger partial charge is 0.0843 e. The van der Waals surface area contributed by atoms with Crippen LogP contribution in [0.5, 0.6) is 0 Å². The summed E-state index contributed by atoms with van der Waals surface area (Å²) in [6.07, 6.45) is 7.68. The van der Waals surface area contributed by atoms with E-state index in [0.717, 1.165) is 11.1 Å². The summed E-state index contributed by atoms with van der Waals surface area (Å²) in [6.45, 7) is 0. The number of rotatable bonds is 3. The van der Waals surface area contributed by atoms with Gasteiger partial charge < -0.3 is 0 Å². The van der Waals surface area contributed by atoms with E-state index in [1.54, 1.807) is 12.1 Å². The van der Waals surface area contributed by atoms with Gasteiger partial charge in [0.05, 0.1) is 10.0 Å². The van der Waals surface area contributed by atoms with E-state index in [4.69, 9.17) is 46.4 Å². The predicted octanol–water partition coefficient (Wildman–Crippen LogP) is 7.03. The fraction of sp³-hybridized carbons (Fsp3) is 0. The van der Waals surface area contributed by atoms with Crippen LogP contribution in [0.2, 0.25) is 20.1 Å². The van der Waals surface area contributed by atoms with Crippen molar-refractivity contribution in [3.05, 3.63) is 79.8 Å². The Labute approximate surface area is 138 Å². The monoisotopic (exact) mass is 342 g/mol. The second kappa shape index (κ2) is 7.19. The van der Waals surface area contributed by atoms with Crippen LogP contribution in [-0.4, -0.2) is 0 Å². The lowest BCUT2D eigenvalue weighted by Crippen LogP contribution is -1.74. The lowest BCUT2D eigenvalue weighted by atomic mass is 10.2. The third-order valence-corrected chi connectivity index (χ3v) is 3.69. The van der Waals surface area contributed by atoms with Crippen molar-refractivity contribution in [2.45, 2.75) is 0 Å². The molecule has 0 nitrogen and oxygen atoms in total. The van der Waals surface area contributed by atoms with E-state index >= 15 is 0 Å². The van der Waals surface area contributed by atoms with E-state index in [1.807, 2.05) is 48.6 Å². The van der Waals surface area contributed by atoms with E-state index in [9.17, 15) is 0 Å². The first-order chi connectivity index (χ1) is 9.54. The molecule has 2 rings (SSSR count). The van der Waals surface area contributed by atoms with Gasteiger partial charge in [0.2, 0.25) is 0 Å². The molecule has 0 saturated heterocycles. The Balaban J connectivity index is 2.08. The number of hydrogen-bond acceptors (Lipinski definition) is 0. The summed E-state index contributed by atoms with van der Waals surface area (Å²) in [5.41, 5.74) is 1.93. The molecule has 4 heteroatoms. The fourth-order valence-corrected chi connectivity index (χ4v) is 2.47. The van der Waals surface area contributed by atoms with Gasteiger partial charge >= 0.3 is 0 Å². The minimum absolute atomic E-state index is 0.541. The Morgan fingerprint density at radius 2 is 1.20 bits per heavy atom. The highest BCUT2D eigenvalue weighted by atomic mass is 35.5. The lowest BCUT2D eigenvalue weighted by molar-refractivity contribution is 1.65. The van der Waals surface area contributed by atoms with Crippen LogP contribution in [0, 0.1) is 0 Å². The van der Waals surface area contributed by atoms with Crippen LogP contribution in [0.25, 0.3) is 12.2 Å². The normalized spacial score (nSPS) is 11.6. The first kappa shape index (κ1) is 15.5. The Morgan fingerprint density at radius 3 is 1.80 bits per heavy atom. The third-order valence-electron chi connectivity index (χ3n) is 2.52. The zero-order chi connectivity index (χ0) is 14.5. The number of hydrogen-bond donors (Lipinski definition) is 0. The third kappa shape index (κ3) is 4.57. The minimum atomic E-state index is 0.541. The highest BCUT2D eigenvalue weighted by Gasteiger charge is 1.96. The van der Waals surface area contributed by atoms with Gasteiger partial charge in [0.15, 0.2) is 0 Å². The summed E-state index contributed by atoms with van der Waals surface area (Å²) < 4.78 is 0. The average molecular weight is 344 g/mol. The molecule has 0 atom stereocenters. The van der Waals surface area contributed by atoms with Crippen LogP contribution in [0.1, 0.15) is 11.1 Å². The maximum Gasteiger partial charge on any atom is 0.0598 e. The standard InChI is InChI=1S/C16H10Cl4/c17-13-7-12(8-14(18)10-13)4-2-1-3-11-5-6-15(19)16(20)9-11/h1-10H. The Morgan fingerprint density at radius 1 is 0.600 bits per heavy atom. The first-order valence-corrected chi connectivity index (χ1v) is 7.32. The quantitative estimate of drug-likeness (QED) is 0.525. The zero-order valence-corrected chi connectivity index (χ0v) is 13.3. The van der Waals surface area contributed by atoms with Gasteiger partial charge in [0, 0.05) is 10.0 Å². The van der Waals surface area contributed by atoms with E-state index in [-0.39, 0.29) is 0 Å². The highest BCUT2D eigenvalue weighted by molar-refractivity contribution is 6.42. The average Bonchev–Trinajstić information content (AvgIpc) is 2.38. The lowest BCUT2D eigenvalue weighted by Gasteiger charge is -1.97. The predicted molar refractivity (Wildman–Crippen MR) is 91.0 cm³/mol. The maximum atomic E-state index is 5.94. The molecule has 0 radical (unpaired) electrons. The van der Waals surface area contributed by atoms with Gasteiger partial charge in [-0.15, -0.1) is 0 Å². The van der Waals surface area contributed by atoms with Crippen LogP contribution in [-0.2, 0) is 0 Å². The van der Waals surface area contributed by atoms with Crippen LogP contribution < -0.4 is 0 Å². The van der Waals surface area contributed by atoms with Crippen molar-refractivity contribution in [3.63, 3.8) is 0 Å². The number of benzene rings is 2. The number of halogens is 4. The van der Waals surface area contributed by atoms with Crippen molar-refractivity contribution < 1.29 is 0 Å². The molecule has 0 aliphatic heterocycles. The zero-order valence-electron chi connectivity index (χ0n) is 10.3. The highest BCUT2D eigenvalue weighted by Crippen LogP contribution is 2.23. The summed E-state index contributed by atoms with van der Waals surface area (Å²) in [5, 5.41) is 2.32. The molecule has 0 fully saturated rings. The second-order valence-corrected chi connectivity index (χ2v) is 5.78. The fourth-order valence-electron chi connectivity index (χ4n) is 1.62. The van der Waals surface area contributed by atoms with Gasteiger partial charge in [-0.2, -0.15) is 0 Å². The van der Waals surface area contributed by atoms with Crippen LogP contribution in [0.4, 0.5) is 0 Å². The van der Waals surface area contributed by atoms with Gasteiger partial charge in [0.1, 0.15) is 0 Å². The summed E-state index contributed by atoms with van der Waals surface area (Å²) >= 11 is 23.7. The molecule has 20 heavy (non-hydrogen) atoms. The molecule has 0 unspecified atom stereocenters. The minimum Gasteiger partial charge on any atom is -0.0843 e. The molecular weight excluding hydrogens is 334 g/mol. The summed E-state index contributed by atoms with van der Waals surface area (Å²) in [6, 6.07) is 10.9. The van der Waals surface area contributed by atoms with E-state index in [2.05, 4.69) is 0 Å². The molecule has 0 spiro atoms. The molecule has 0 amide bonds. The van der Waals surface area contributed by atoms with E-state index < -0.39 is 0 Å². The van der Waals surface area contributed by atoms with Gasteiger partial charge in [-0.25, -0.2) is 0 Å². The molecule has 102 valence electrons. The van der Waals surface area contributed by atoms with Crippen molar-refractivity contribution in [1.29, 1.82) is 0 Å². The molecule has 0 heterocycles. The molecule has 0 saturated carbocycles. The Kier molecular flexibility index (Phi) is 5.56. The van der Waals surface area contributed by atoms with E-state index in [1.165, 1.54) is 0 Å². The van der Waals surface area contributed by atoms with Crippen molar-refractivity contribution in [2.75, 3.05) is 0 Å². The maximum absolute atomic E-state index is 5.94. The van der Waals surface area contributed by atoms with Crippen molar-refractivity contribution in [2.24, 2.45) is 0 Å². The van der Waals surface area contributed by atoms with E-state index in [0.29, 0.717) is 20.1 Å². The number of allylic oxidation sites excluding steroid dienone is 2. The topological polar surface area (TPSA) is 0 Å². The van der Waals surface area contributed by atoms with Gasteiger partial charge in [0.25, 0.3) is 0 Å². The smallest absolute Gasteiger partial charge is 0.0598 e. The van der Waals surface area contributed by atoms with Crippen LogP contribution in [0.15, 0.2) is 48.6 Å². The summed E-state index contributed by atoms with van der Waals surface area (Å²) in [7, 11) is 0. The van der Waals surface area contributed by atoms with Crippen molar-refractivity contribution in [1.82, 2.24) is 0 Å². The van der Waals surface area contributed by atoms with Crippen molar-refractivity contribution in [3.8, 4) is 0 Å². The van der Waals surface area contributed by atoms with Crippen LogP contribution >= 0.6 is 46.4 Å².